The summed E-state index contributed by atoms with van der Waals surface area (Å²) in [5.41, 5.74) is 0.530. The maximum Gasteiger partial charge on any atom is 0.337 e. The van der Waals surface area contributed by atoms with Gasteiger partial charge in [-0.1, -0.05) is 24.3 Å². The van der Waals surface area contributed by atoms with E-state index in [9.17, 15) is 14.7 Å². The summed E-state index contributed by atoms with van der Waals surface area (Å²) in [6, 6.07) is 11.1. The van der Waals surface area contributed by atoms with Crippen LogP contribution in [-0.2, 0) is 0 Å². The lowest BCUT2D eigenvalue weighted by molar-refractivity contribution is 0.0652. The van der Waals surface area contributed by atoms with Gasteiger partial charge in [0, 0.05) is 0 Å². The van der Waals surface area contributed by atoms with Crippen LogP contribution in [0.2, 0.25) is 0 Å². The number of rotatable bonds is 4. The smallest absolute Gasteiger partial charge is 0.337 e. The summed E-state index contributed by atoms with van der Waals surface area (Å²) in [7, 11) is 1.53. The Hall–Kier alpha value is -2.82. The van der Waals surface area contributed by atoms with Crippen LogP contribution in [0.15, 0.2) is 42.5 Å². The Bertz CT molecular complexity index is 658. The Morgan fingerprint density at radius 3 is 2.10 bits per heavy atom. The van der Waals surface area contributed by atoms with Gasteiger partial charge in [0.1, 0.15) is 5.75 Å². The van der Waals surface area contributed by atoms with Gasteiger partial charge in [0.05, 0.1) is 18.2 Å². The summed E-state index contributed by atoms with van der Waals surface area (Å²) < 4.78 is 5.03. The minimum absolute atomic E-state index is 0.217. The van der Waals surface area contributed by atoms with Crippen LogP contribution in [0.5, 0.6) is 5.75 Å². The van der Waals surface area contributed by atoms with E-state index >= 15 is 0 Å². The quantitative estimate of drug-likeness (QED) is 0.894. The molecule has 0 heterocycles. The lowest BCUT2D eigenvalue weighted by Crippen LogP contribution is -2.09. The van der Waals surface area contributed by atoms with E-state index in [2.05, 4.69) is 0 Å². The van der Waals surface area contributed by atoms with Crippen molar-refractivity contribution < 1.29 is 24.5 Å². The largest absolute Gasteiger partial charge is 0.497 e. The van der Waals surface area contributed by atoms with Crippen molar-refractivity contribution in [1.82, 2.24) is 0 Å². The van der Waals surface area contributed by atoms with E-state index in [4.69, 9.17) is 9.84 Å². The summed E-state index contributed by atoms with van der Waals surface area (Å²) in [6.07, 6.45) is 0. The predicted molar refractivity (Wildman–Crippen MR) is 72.3 cm³/mol. The number of aromatic carboxylic acids is 2. The molecular weight excluding hydrogens is 260 g/mol. The van der Waals surface area contributed by atoms with Gasteiger partial charge in [-0.3, -0.25) is 0 Å². The third-order valence-electron chi connectivity index (χ3n) is 2.91. The lowest BCUT2D eigenvalue weighted by atomic mass is 9.95. The van der Waals surface area contributed by atoms with Gasteiger partial charge in [-0.25, -0.2) is 9.59 Å². The first-order valence-corrected chi connectivity index (χ1v) is 5.78. The molecule has 0 aromatic heterocycles. The number of methoxy groups -OCH3 is 1. The van der Waals surface area contributed by atoms with Crippen molar-refractivity contribution in [1.29, 1.82) is 0 Å². The molecule has 0 saturated carbocycles. The predicted octanol–water partition coefficient (Wildman–Crippen LogP) is 2.76. The van der Waals surface area contributed by atoms with E-state index < -0.39 is 11.9 Å². The van der Waals surface area contributed by atoms with E-state index in [1.54, 1.807) is 30.3 Å². The van der Waals surface area contributed by atoms with Crippen molar-refractivity contribution in [2.75, 3.05) is 7.11 Å². The van der Waals surface area contributed by atoms with Crippen LogP contribution in [0.4, 0.5) is 0 Å². The van der Waals surface area contributed by atoms with E-state index in [0.29, 0.717) is 16.9 Å². The third kappa shape index (κ3) is 2.47. The lowest BCUT2D eigenvalue weighted by Gasteiger charge is -2.10. The standard InChI is InChI=1S/C15H12O5/c1-20-10-7-5-9(6-8-10)11-3-2-4-12(14(16)17)13(11)15(18)19/h2-8H,1H3,(H,16,17)(H,18,19). The molecule has 0 unspecified atom stereocenters. The SMILES string of the molecule is COc1ccc(-c2cccc(C(=O)O)c2C(=O)O)cc1. The van der Waals surface area contributed by atoms with E-state index in [-0.39, 0.29) is 11.1 Å². The van der Waals surface area contributed by atoms with Gasteiger partial charge in [0.2, 0.25) is 0 Å². The van der Waals surface area contributed by atoms with Crippen molar-refractivity contribution in [3.05, 3.63) is 53.6 Å². The van der Waals surface area contributed by atoms with Crippen molar-refractivity contribution in [3.8, 4) is 16.9 Å². The van der Waals surface area contributed by atoms with Gasteiger partial charge < -0.3 is 14.9 Å². The molecule has 0 aliphatic heterocycles. The fourth-order valence-electron chi connectivity index (χ4n) is 1.97. The Morgan fingerprint density at radius 2 is 1.60 bits per heavy atom. The normalized spacial score (nSPS) is 10.1. The fraction of sp³-hybridized carbons (Fsp3) is 0.0667. The highest BCUT2D eigenvalue weighted by atomic mass is 16.5. The van der Waals surface area contributed by atoms with Crippen molar-refractivity contribution in [2.45, 2.75) is 0 Å². The van der Waals surface area contributed by atoms with Gasteiger partial charge in [0.15, 0.2) is 0 Å². The summed E-state index contributed by atoms with van der Waals surface area (Å²) in [6.45, 7) is 0. The molecule has 0 aliphatic rings. The Balaban J connectivity index is 2.63. The van der Waals surface area contributed by atoms with E-state index in [1.165, 1.54) is 19.2 Å². The van der Waals surface area contributed by atoms with Gasteiger partial charge in [-0.15, -0.1) is 0 Å². The fourth-order valence-corrected chi connectivity index (χ4v) is 1.97. The van der Waals surface area contributed by atoms with Crippen LogP contribution >= 0.6 is 0 Å². The molecule has 2 aromatic rings. The average molecular weight is 272 g/mol. The maximum atomic E-state index is 11.4. The second-order valence-corrected chi connectivity index (χ2v) is 4.07. The Kier molecular flexibility index (Phi) is 3.70. The highest BCUT2D eigenvalue weighted by Crippen LogP contribution is 2.28. The van der Waals surface area contributed by atoms with Crippen LogP contribution in [-0.4, -0.2) is 29.3 Å². The van der Waals surface area contributed by atoms with E-state index in [1.807, 2.05) is 0 Å². The zero-order chi connectivity index (χ0) is 14.7. The molecular formula is C15H12O5. The van der Waals surface area contributed by atoms with Crippen molar-refractivity contribution in [3.63, 3.8) is 0 Å². The second-order valence-electron chi connectivity index (χ2n) is 4.07. The maximum absolute atomic E-state index is 11.4. The summed E-state index contributed by atoms with van der Waals surface area (Å²) in [5.74, 6) is -1.90. The molecule has 2 N–H and O–H groups in total. The van der Waals surface area contributed by atoms with Gasteiger partial charge in [-0.05, 0) is 29.3 Å². The summed E-state index contributed by atoms with van der Waals surface area (Å²) in [4.78, 5) is 22.5. The van der Waals surface area contributed by atoms with Crippen LogP contribution < -0.4 is 4.74 Å². The molecule has 0 aliphatic carbocycles. The molecule has 102 valence electrons. The average Bonchev–Trinajstić information content (AvgIpc) is 2.46. The first-order chi connectivity index (χ1) is 9.54. The van der Waals surface area contributed by atoms with Crippen LogP contribution in [0.25, 0.3) is 11.1 Å². The molecule has 5 nitrogen and oxygen atoms in total. The number of carbonyl (C=O) groups is 2. The highest BCUT2D eigenvalue weighted by molar-refractivity contribution is 6.06. The number of carboxylic acids is 2. The summed E-state index contributed by atoms with van der Waals surface area (Å²) >= 11 is 0. The van der Waals surface area contributed by atoms with Gasteiger partial charge in [-0.2, -0.15) is 0 Å². The number of carboxylic acid groups (broad SMARTS) is 2. The van der Waals surface area contributed by atoms with Crippen molar-refractivity contribution in [2.24, 2.45) is 0 Å². The van der Waals surface area contributed by atoms with Crippen LogP contribution in [0.1, 0.15) is 20.7 Å². The first-order valence-electron chi connectivity index (χ1n) is 5.78. The van der Waals surface area contributed by atoms with Gasteiger partial charge in [0.25, 0.3) is 0 Å². The molecule has 0 amide bonds. The minimum atomic E-state index is -1.27. The topological polar surface area (TPSA) is 83.8 Å². The molecule has 2 aromatic carbocycles. The molecule has 0 fully saturated rings. The number of hydrogen-bond acceptors (Lipinski definition) is 3. The minimum Gasteiger partial charge on any atom is -0.497 e. The Labute approximate surface area is 115 Å². The zero-order valence-corrected chi connectivity index (χ0v) is 10.7. The molecule has 0 atom stereocenters. The third-order valence-corrected chi connectivity index (χ3v) is 2.91. The molecule has 5 heteroatoms. The monoisotopic (exact) mass is 272 g/mol. The number of hydrogen-bond donors (Lipinski definition) is 2. The molecule has 0 radical (unpaired) electrons. The molecule has 0 bridgehead atoms. The molecule has 0 spiro atoms. The highest BCUT2D eigenvalue weighted by Gasteiger charge is 2.20. The number of benzene rings is 2. The summed E-state index contributed by atoms with van der Waals surface area (Å²) in [5, 5.41) is 18.4. The molecule has 20 heavy (non-hydrogen) atoms. The first kappa shape index (κ1) is 13.6. The second kappa shape index (κ2) is 5.44. The molecule has 2 rings (SSSR count). The zero-order valence-electron chi connectivity index (χ0n) is 10.7. The van der Waals surface area contributed by atoms with Gasteiger partial charge >= 0.3 is 11.9 Å². The van der Waals surface area contributed by atoms with E-state index in [0.717, 1.165) is 0 Å². The van der Waals surface area contributed by atoms with Crippen LogP contribution in [0, 0.1) is 0 Å². The molecule has 0 saturated heterocycles. The Morgan fingerprint density at radius 1 is 0.950 bits per heavy atom. The van der Waals surface area contributed by atoms with Crippen LogP contribution in [0.3, 0.4) is 0 Å². The van der Waals surface area contributed by atoms with Crippen molar-refractivity contribution >= 4 is 11.9 Å². The number of ether oxygens (including phenoxy) is 1.